The number of benzene rings is 1. The summed E-state index contributed by atoms with van der Waals surface area (Å²) in [6, 6.07) is 7.50. The number of hydrogen-bond acceptors (Lipinski definition) is 6. The molecule has 0 aromatic heterocycles. The minimum atomic E-state index is -3.74. The Kier molecular flexibility index (Phi) is 9.47. The molecule has 35 heavy (non-hydrogen) atoms. The number of amides is 2. The van der Waals surface area contributed by atoms with Gasteiger partial charge in [0.1, 0.15) is 6.04 Å². The topological polar surface area (TPSA) is 158 Å². The first kappa shape index (κ1) is 26.9. The van der Waals surface area contributed by atoms with Crippen molar-refractivity contribution in [2.75, 3.05) is 26.2 Å². The van der Waals surface area contributed by atoms with Crippen molar-refractivity contribution in [1.29, 1.82) is 5.41 Å². The summed E-state index contributed by atoms with van der Waals surface area (Å²) in [4.78, 5) is 29.1. The highest BCUT2D eigenvalue weighted by Gasteiger charge is 2.35. The van der Waals surface area contributed by atoms with E-state index in [9.17, 15) is 18.0 Å². The van der Waals surface area contributed by atoms with Gasteiger partial charge < -0.3 is 25.6 Å². The predicted octanol–water partition coefficient (Wildman–Crippen LogP) is 0.324. The Labute approximate surface area is 206 Å². The van der Waals surface area contributed by atoms with Gasteiger partial charge in [0.15, 0.2) is 12.2 Å². The van der Waals surface area contributed by atoms with Gasteiger partial charge in [0.25, 0.3) is 0 Å². The van der Waals surface area contributed by atoms with Crippen LogP contribution >= 0.6 is 0 Å². The fourth-order valence-electron chi connectivity index (χ4n) is 4.60. The first-order valence-electron chi connectivity index (χ1n) is 12.0. The maximum atomic E-state index is 13.2. The Balaban J connectivity index is 1.62. The molecule has 1 aromatic carbocycles. The fourth-order valence-corrected chi connectivity index (χ4v) is 5.96. The van der Waals surface area contributed by atoms with E-state index in [-0.39, 0.29) is 30.2 Å². The van der Waals surface area contributed by atoms with E-state index in [2.05, 4.69) is 10.0 Å². The Bertz CT molecular complexity index is 989. The Morgan fingerprint density at radius 2 is 1.91 bits per heavy atom. The van der Waals surface area contributed by atoms with E-state index in [4.69, 9.17) is 15.9 Å². The molecular weight excluding hydrogens is 472 g/mol. The number of sulfonamides is 1. The van der Waals surface area contributed by atoms with Crippen molar-refractivity contribution in [1.82, 2.24) is 19.8 Å². The number of piperidine rings is 1. The van der Waals surface area contributed by atoms with Gasteiger partial charge in [0.05, 0.1) is 18.3 Å². The minimum Gasteiger partial charge on any atom is -0.370 e. The summed E-state index contributed by atoms with van der Waals surface area (Å²) < 4.78 is 33.7. The Hall–Kier alpha value is -2.70. The van der Waals surface area contributed by atoms with E-state index in [1.165, 1.54) is 4.90 Å². The van der Waals surface area contributed by atoms with Crippen LogP contribution in [0.15, 0.2) is 30.3 Å². The molecule has 2 heterocycles. The number of nitrogens with two attached hydrogens (primary N) is 1. The fraction of sp³-hybridized carbons (Fsp3) is 0.609. The monoisotopic (exact) mass is 508 g/mol. The van der Waals surface area contributed by atoms with Gasteiger partial charge in [-0.1, -0.05) is 30.3 Å². The number of carbonyl (C=O) groups excluding carboxylic acids is 2. The van der Waals surface area contributed by atoms with E-state index in [1.54, 1.807) is 29.2 Å². The summed E-state index contributed by atoms with van der Waals surface area (Å²) in [7, 11) is -3.74. The summed E-state index contributed by atoms with van der Waals surface area (Å²) in [6.45, 7) is 3.01. The van der Waals surface area contributed by atoms with Crippen molar-refractivity contribution in [2.45, 2.75) is 63.1 Å². The summed E-state index contributed by atoms with van der Waals surface area (Å²) in [5.74, 6) is -1.09. The molecule has 1 aromatic rings. The van der Waals surface area contributed by atoms with Gasteiger partial charge in [0, 0.05) is 19.7 Å². The van der Waals surface area contributed by atoms with Crippen LogP contribution in [0.5, 0.6) is 0 Å². The zero-order valence-electron chi connectivity index (χ0n) is 20.1. The number of guanidine groups is 1. The number of carbonyl (C=O) groups is 2. The second kappa shape index (κ2) is 12.3. The normalized spacial score (nSPS) is 23.6. The Morgan fingerprint density at radius 3 is 2.60 bits per heavy atom. The number of nitrogens with zero attached hydrogens (tertiary/aromatic N) is 2. The van der Waals surface area contributed by atoms with Gasteiger partial charge in [-0.3, -0.25) is 15.0 Å². The SMILES string of the molecule is CCOC1[C@@H](NC(=O)CN2CCCC[C@H](NS(=O)(=O)Cc3ccccc3)C2=O)CCCN1C(=N)N. The molecule has 0 bridgehead atoms. The highest BCUT2D eigenvalue weighted by Crippen LogP contribution is 2.19. The van der Waals surface area contributed by atoms with E-state index in [0.29, 0.717) is 50.9 Å². The second-order valence-corrected chi connectivity index (χ2v) is 10.7. The second-order valence-electron chi connectivity index (χ2n) is 8.91. The Morgan fingerprint density at radius 1 is 1.17 bits per heavy atom. The maximum Gasteiger partial charge on any atom is 0.241 e. The van der Waals surface area contributed by atoms with Crippen molar-refractivity contribution in [2.24, 2.45) is 5.73 Å². The third-order valence-electron chi connectivity index (χ3n) is 6.20. The molecule has 0 radical (unpaired) electrons. The molecule has 2 amide bonds. The number of nitrogens with one attached hydrogen (secondary N) is 3. The van der Waals surface area contributed by atoms with Crippen molar-refractivity contribution < 1.29 is 22.7 Å². The molecule has 0 aliphatic carbocycles. The minimum absolute atomic E-state index is 0.115. The van der Waals surface area contributed by atoms with Gasteiger partial charge in [0.2, 0.25) is 21.8 Å². The van der Waals surface area contributed by atoms with Crippen LogP contribution in [0.25, 0.3) is 0 Å². The highest BCUT2D eigenvalue weighted by molar-refractivity contribution is 7.88. The zero-order chi connectivity index (χ0) is 25.4. The summed E-state index contributed by atoms with van der Waals surface area (Å²) >= 11 is 0. The number of likely N-dealkylation sites (tertiary alicyclic amines) is 2. The lowest BCUT2D eigenvalue weighted by atomic mass is 10.0. The van der Waals surface area contributed by atoms with Crippen molar-refractivity contribution >= 4 is 27.8 Å². The molecule has 11 nitrogen and oxygen atoms in total. The molecule has 3 rings (SSSR count). The number of ether oxygens (including phenoxy) is 1. The quantitative estimate of drug-likeness (QED) is 0.276. The van der Waals surface area contributed by atoms with Crippen LogP contribution in [-0.4, -0.2) is 80.5 Å². The maximum absolute atomic E-state index is 13.2. The number of rotatable bonds is 9. The summed E-state index contributed by atoms with van der Waals surface area (Å²) in [5.41, 5.74) is 6.32. The van der Waals surface area contributed by atoms with Crippen LogP contribution < -0.4 is 15.8 Å². The van der Waals surface area contributed by atoms with Gasteiger partial charge in [-0.2, -0.15) is 0 Å². The predicted molar refractivity (Wildman–Crippen MR) is 132 cm³/mol. The zero-order valence-corrected chi connectivity index (χ0v) is 20.9. The molecule has 2 saturated heterocycles. The van der Waals surface area contributed by atoms with Crippen LogP contribution in [0.4, 0.5) is 0 Å². The summed E-state index contributed by atoms with van der Waals surface area (Å²) in [6.07, 6.45) is 2.59. The molecule has 2 fully saturated rings. The molecule has 194 valence electrons. The molecule has 12 heteroatoms. The number of hydrogen-bond donors (Lipinski definition) is 4. The lowest BCUT2D eigenvalue weighted by Gasteiger charge is -2.41. The van der Waals surface area contributed by atoms with Gasteiger partial charge in [-0.05, 0) is 44.6 Å². The summed E-state index contributed by atoms with van der Waals surface area (Å²) in [5, 5.41) is 10.7. The molecule has 0 saturated carbocycles. The first-order chi connectivity index (χ1) is 16.7. The van der Waals surface area contributed by atoms with Gasteiger partial charge >= 0.3 is 0 Å². The van der Waals surface area contributed by atoms with Crippen molar-refractivity contribution in [3.8, 4) is 0 Å². The largest absolute Gasteiger partial charge is 0.370 e. The van der Waals surface area contributed by atoms with Crippen LogP contribution in [0.2, 0.25) is 0 Å². The van der Waals surface area contributed by atoms with Crippen molar-refractivity contribution in [3.05, 3.63) is 35.9 Å². The molecule has 2 aliphatic heterocycles. The molecule has 2 aliphatic rings. The molecule has 3 atom stereocenters. The van der Waals surface area contributed by atoms with Crippen LogP contribution in [0.1, 0.15) is 44.6 Å². The molecule has 1 unspecified atom stereocenters. The molecular formula is C23H36N6O5S. The van der Waals surface area contributed by atoms with E-state index in [1.807, 2.05) is 13.0 Å². The third-order valence-corrected chi connectivity index (χ3v) is 7.55. The van der Waals surface area contributed by atoms with Crippen LogP contribution in [-0.2, 0) is 30.1 Å². The smallest absolute Gasteiger partial charge is 0.241 e. The van der Waals surface area contributed by atoms with Crippen LogP contribution in [0, 0.1) is 5.41 Å². The third kappa shape index (κ3) is 7.64. The first-order valence-corrected chi connectivity index (χ1v) is 13.7. The van der Waals surface area contributed by atoms with E-state index >= 15 is 0 Å². The van der Waals surface area contributed by atoms with E-state index < -0.39 is 28.2 Å². The molecule has 5 N–H and O–H groups in total. The van der Waals surface area contributed by atoms with Crippen molar-refractivity contribution in [3.63, 3.8) is 0 Å². The molecule has 0 spiro atoms. The lowest BCUT2D eigenvalue weighted by molar-refractivity contribution is -0.138. The average molecular weight is 509 g/mol. The standard InChI is InChI=1S/C23H36N6O5S/c1-2-34-22-19(12-8-14-29(22)23(24)25)26-20(30)15-28-13-7-6-11-18(21(28)31)27-35(32,33)16-17-9-4-3-5-10-17/h3-5,9-10,18-19,22,27H,2,6-8,11-16H2,1H3,(H3,24,25)(H,26,30)/t18-,19-,22?/m0/s1. The highest BCUT2D eigenvalue weighted by atomic mass is 32.2. The average Bonchev–Trinajstić information content (AvgIpc) is 2.96. The van der Waals surface area contributed by atoms with Gasteiger partial charge in [-0.25, -0.2) is 13.1 Å². The lowest BCUT2D eigenvalue weighted by Crippen LogP contribution is -2.60. The van der Waals surface area contributed by atoms with Crippen LogP contribution in [0.3, 0.4) is 0 Å². The van der Waals surface area contributed by atoms with E-state index in [0.717, 1.165) is 6.42 Å². The van der Waals surface area contributed by atoms with Gasteiger partial charge in [-0.15, -0.1) is 0 Å².